The van der Waals surface area contributed by atoms with Gasteiger partial charge in [-0.3, -0.25) is 4.79 Å². The van der Waals surface area contributed by atoms with Crippen molar-refractivity contribution in [2.75, 3.05) is 6.54 Å². The van der Waals surface area contributed by atoms with E-state index in [4.69, 9.17) is 4.42 Å². The van der Waals surface area contributed by atoms with Crippen LogP contribution in [0, 0.1) is 11.6 Å². The second kappa shape index (κ2) is 7.70. The van der Waals surface area contributed by atoms with E-state index >= 15 is 0 Å². The number of halogens is 2. The minimum absolute atomic E-state index is 0.140. The Morgan fingerprint density at radius 2 is 2.11 bits per heavy atom. The van der Waals surface area contributed by atoms with Crippen LogP contribution in [0.4, 0.5) is 8.78 Å². The van der Waals surface area contributed by atoms with E-state index in [9.17, 15) is 13.6 Å². The normalized spacial score (nSPS) is 16.8. The topological polar surface area (TPSA) is 46.3 Å². The first kappa shape index (κ1) is 18.6. The number of amides is 1. The van der Waals surface area contributed by atoms with Gasteiger partial charge in [0.1, 0.15) is 23.2 Å². The minimum Gasteiger partial charge on any atom is -0.438 e. The third-order valence-corrected chi connectivity index (χ3v) is 5.25. The molecular weight excluding hydrogens is 362 g/mol. The van der Waals surface area contributed by atoms with Gasteiger partial charge in [-0.2, -0.15) is 0 Å². The minimum atomic E-state index is -0.619. The Morgan fingerprint density at radius 1 is 1.25 bits per heavy atom. The number of nitrogens with zero attached hydrogens (tertiary/aromatic N) is 2. The zero-order valence-electron chi connectivity index (χ0n) is 15.8. The fourth-order valence-corrected chi connectivity index (χ4v) is 3.77. The lowest BCUT2D eigenvalue weighted by molar-refractivity contribution is -0.132. The number of fused-ring (bicyclic) bond motifs is 1. The van der Waals surface area contributed by atoms with E-state index in [1.54, 1.807) is 18.2 Å². The summed E-state index contributed by atoms with van der Waals surface area (Å²) < 4.78 is 33.2. The van der Waals surface area contributed by atoms with Crippen molar-refractivity contribution in [3.8, 4) is 11.1 Å². The van der Waals surface area contributed by atoms with E-state index in [0.29, 0.717) is 34.5 Å². The lowest BCUT2D eigenvalue weighted by Gasteiger charge is -2.22. The first-order chi connectivity index (χ1) is 13.6. The molecule has 4 nitrogen and oxygen atoms in total. The van der Waals surface area contributed by atoms with Gasteiger partial charge in [0.25, 0.3) is 0 Å². The van der Waals surface area contributed by atoms with E-state index in [-0.39, 0.29) is 11.9 Å². The van der Waals surface area contributed by atoms with Gasteiger partial charge in [0.15, 0.2) is 5.58 Å². The second-order valence-electron chi connectivity index (χ2n) is 7.21. The largest absolute Gasteiger partial charge is 0.438 e. The van der Waals surface area contributed by atoms with E-state index in [2.05, 4.69) is 11.9 Å². The van der Waals surface area contributed by atoms with Crippen LogP contribution in [0.3, 0.4) is 0 Å². The van der Waals surface area contributed by atoms with Crippen LogP contribution in [0.2, 0.25) is 0 Å². The molecule has 0 saturated carbocycles. The Bertz CT molecular complexity index is 1010. The van der Waals surface area contributed by atoms with Crippen molar-refractivity contribution in [1.82, 2.24) is 9.88 Å². The smallest absolute Gasteiger partial charge is 0.223 e. The lowest BCUT2D eigenvalue weighted by Crippen LogP contribution is -2.30. The summed E-state index contributed by atoms with van der Waals surface area (Å²) in [6.07, 6.45) is 4.15. The quantitative estimate of drug-likeness (QED) is 0.573. The number of unbranched alkanes of at least 4 members (excludes halogenated alkanes) is 1. The molecule has 0 radical (unpaired) electrons. The number of likely N-dealkylation sites (tertiary alicyclic amines) is 1. The summed E-state index contributed by atoms with van der Waals surface area (Å²) in [4.78, 5) is 18.9. The van der Waals surface area contributed by atoms with Gasteiger partial charge in [0.05, 0.1) is 0 Å². The van der Waals surface area contributed by atoms with Crippen LogP contribution < -0.4 is 0 Å². The van der Waals surface area contributed by atoms with Gasteiger partial charge in [-0.15, -0.1) is 0 Å². The fourth-order valence-electron chi connectivity index (χ4n) is 3.77. The van der Waals surface area contributed by atoms with Crippen LogP contribution in [0.25, 0.3) is 22.2 Å². The van der Waals surface area contributed by atoms with Gasteiger partial charge in [-0.05, 0) is 49.1 Å². The third kappa shape index (κ3) is 3.51. The molecule has 0 spiro atoms. The summed E-state index contributed by atoms with van der Waals surface area (Å²) in [6.45, 7) is 2.79. The number of aromatic nitrogens is 1. The average molecular weight is 384 g/mol. The number of oxazole rings is 1. The molecular formula is C22H22F2N2O2. The van der Waals surface area contributed by atoms with Crippen LogP contribution >= 0.6 is 0 Å². The lowest BCUT2D eigenvalue weighted by atomic mass is 10.0. The standard InChI is InChI=1S/C22H22F2N2O2/c1-2-3-6-21(27)26-11-4-5-19(26)22-25-18-12-14(7-10-20(18)28-22)16-9-8-15(23)13-17(16)24/h7-10,12-13,19H,2-6,11H2,1H3. The summed E-state index contributed by atoms with van der Waals surface area (Å²) in [5, 5.41) is 0. The summed E-state index contributed by atoms with van der Waals surface area (Å²) in [5.74, 6) is -0.568. The zero-order chi connectivity index (χ0) is 19.7. The maximum Gasteiger partial charge on any atom is 0.223 e. The Balaban J connectivity index is 1.64. The predicted octanol–water partition coefficient (Wildman–Crippen LogP) is 5.63. The van der Waals surface area contributed by atoms with Crippen LogP contribution in [0.1, 0.15) is 51.0 Å². The van der Waals surface area contributed by atoms with Crippen LogP contribution in [0.15, 0.2) is 40.8 Å². The summed E-state index contributed by atoms with van der Waals surface area (Å²) >= 11 is 0. The Morgan fingerprint density at radius 3 is 2.89 bits per heavy atom. The molecule has 4 rings (SSSR count). The molecule has 1 aliphatic rings. The Kier molecular flexibility index (Phi) is 5.11. The SMILES string of the molecule is CCCCC(=O)N1CCCC1c1nc2cc(-c3ccc(F)cc3F)ccc2o1. The highest BCUT2D eigenvalue weighted by Crippen LogP contribution is 2.35. The van der Waals surface area contributed by atoms with E-state index < -0.39 is 11.6 Å². The molecule has 1 atom stereocenters. The fraction of sp³-hybridized carbons (Fsp3) is 0.364. The van der Waals surface area contributed by atoms with Gasteiger partial charge in [-0.25, -0.2) is 13.8 Å². The Labute approximate surface area is 162 Å². The molecule has 28 heavy (non-hydrogen) atoms. The molecule has 0 N–H and O–H groups in total. The van der Waals surface area contributed by atoms with Crippen LogP contribution in [0.5, 0.6) is 0 Å². The molecule has 3 aromatic rings. The van der Waals surface area contributed by atoms with Gasteiger partial charge < -0.3 is 9.32 Å². The van der Waals surface area contributed by atoms with Gasteiger partial charge in [0.2, 0.25) is 11.8 Å². The maximum absolute atomic E-state index is 14.1. The molecule has 1 aromatic heterocycles. The van der Waals surface area contributed by atoms with Crippen LogP contribution in [-0.4, -0.2) is 22.3 Å². The third-order valence-electron chi connectivity index (χ3n) is 5.25. The molecule has 2 aromatic carbocycles. The van der Waals surface area contributed by atoms with Crippen molar-refractivity contribution in [3.05, 3.63) is 53.9 Å². The van der Waals surface area contributed by atoms with E-state index in [0.717, 1.165) is 38.3 Å². The van der Waals surface area contributed by atoms with Gasteiger partial charge >= 0.3 is 0 Å². The van der Waals surface area contributed by atoms with Crippen molar-refractivity contribution >= 4 is 17.0 Å². The van der Waals surface area contributed by atoms with Gasteiger partial charge in [0, 0.05) is 24.6 Å². The molecule has 1 unspecified atom stereocenters. The van der Waals surface area contributed by atoms with Crippen molar-refractivity contribution in [2.24, 2.45) is 0 Å². The number of hydrogen-bond acceptors (Lipinski definition) is 3. The van der Waals surface area contributed by atoms with Crippen molar-refractivity contribution in [3.63, 3.8) is 0 Å². The second-order valence-corrected chi connectivity index (χ2v) is 7.21. The first-order valence-corrected chi connectivity index (χ1v) is 9.72. The van der Waals surface area contributed by atoms with E-state index in [1.807, 2.05) is 4.90 Å². The molecule has 2 heterocycles. The number of carbonyl (C=O) groups excluding carboxylic acids is 1. The maximum atomic E-state index is 14.1. The monoisotopic (exact) mass is 384 g/mol. The van der Waals surface area contributed by atoms with E-state index in [1.165, 1.54) is 12.1 Å². The molecule has 0 aliphatic carbocycles. The molecule has 1 aliphatic heterocycles. The molecule has 6 heteroatoms. The summed E-state index contributed by atoms with van der Waals surface area (Å²) in [6, 6.07) is 8.56. The molecule has 1 amide bonds. The first-order valence-electron chi connectivity index (χ1n) is 9.72. The number of carbonyl (C=O) groups is 1. The predicted molar refractivity (Wildman–Crippen MR) is 103 cm³/mol. The number of rotatable bonds is 5. The Hall–Kier alpha value is -2.76. The number of hydrogen-bond donors (Lipinski definition) is 0. The highest BCUT2D eigenvalue weighted by atomic mass is 19.1. The summed E-state index contributed by atoms with van der Waals surface area (Å²) in [7, 11) is 0. The zero-order valence-corrected chi connectivity index (χ0v) is 15.8. The average Bonchev–Trinajstić information content (AvgIpc) is 3.32. The van der Waals surface area contributed by atoms with Crippen LogP contribution in [-0.2, 0) is 4.79 Å². The van der Waals surface area contributed by atoms with Gasteiger partial charge in [-0.1, -0.05) is 19.4 Å². The highest BCUT2D eigenvalue weighted by molar-refractivity contribution is 5.81. The molecule has 1 saturated heterocycles. The molecule has 1 fully saturated rings. The van der Waals surface area contributed by atoms with Crippen molar-refractivity contribution < 1.29 is 18.0 Å². The van der Waals surface area contributed by atoms with Crippen molar-refractivity contribution in [1.29, 1.82) is 0 Å². The van der Waals surface area contributed by atoms with Crippen molar-refractivity contribution in [2.45, 2.75) is 45.1 Å². The summed E-state index contributed by atoms with van der Waals surface area (Å²) in [5.41, 5.74) is 2.11. The molecule has 0 bridgehead atoms. The number of benzene rings is 2. The molecule has 146 valence electrons. The highest BCUT2D eigenvalue weighted by Gasteiger charge is 2.33.